The van der Waals surface area contributed by atoms with E-state index in [4.69, 9.17) is 4.74 Å². The average Bonchev–Trinajstić information content (AvgIpc) is 3.02. The summed E-state index contributed by atoms with van der Waals surface area (Å²) in [5.74, 6) is 0.418. The zero-order valence-corrected chi connectivity index (χ0v) is 19.6. The van der Waals surface area contributed by atoms with Crippen molar-refractivity contribution < 1.29 is 9.53 Å². The summed E-state index contributed by atoms with van der Waals surface area (Å²) in [7, 11) is 0. The summed E-state index contributed by atoms with van der Waals surface area (Å²) in [5, 5.41) is 3.40. The normalized spacial score (nSPS) is 10.7. The maximum atomic E-state index is 12.3. The molecular weight excluding hydrogens is 504 g/mol. The molecule has 3 rings (SSSR count). The van der Waals surface area contributed by atoms with Gasteiger partial charge in [0.05, 0.1) is 10.2 Å². The van der Waals surface area contributed by atoms with E-state index in [1.807, 2.05) is 49.4 Å². The molecule has 7 heteroatoms. The standard InChI is InChI=1S/C21H20Br2N2O2S/c1-3-4-14-5-10-18(17(23)11-14)27-12-19(26)24-21-25-20(13(2)28-21)15-6-8-16(22)9-7-15/h5-11H,3-4,12H2,1-2H3,(H,24,25,26). The molecule has 4 nitrogen and oxygen atoms in total. The molecule has 0 aliphatic rings. The van der Waals surface area contributed by atoms with Crippen molar-refractivity contribution in [3.05, 3.63) is 61.9 Å². The van der Waals surface area contributed by atoms with Gasteiger partial charge in [0.2, 0.25) is 0 Å². The quantitative estimate of drug-likeness (QED) is 0.379. The zero-order valence-electron chi connectivity index (χ0n) is 15.6. The van der Waals surface area contributed by atoms with Gasteiger partial charge in [-0.15, -0.1) is 11.3 Å². The fourth-order valence-electron chi connectivity index (χ4n) is 2.73. The lowest BCUT2D eigenvalue weighted by molar-refractivity contribution is -0.118. The number of aryl methyl sites for hydroxylation is 2. The number of thiazole rings is 1. The van der Waals surface area contributed by atoms with Gasteiger partial charge in [-0.1, -0.05) is 47.5 Å². The van der Waals surface area contributed by atoms with E-state index in [1.165, 1.54) is 16.9 Å². The molecule has 0 aliphatic carbocycles. The first-order valence-corrected chi connectivity index (χ1v) is 11.3. The Bertz CT molecular complexity index is 971. The summed E-state index contributed by atoms with van der Waals surface area (Å²) in [5.41, 5.74) is 3.14. The molecule has 146 valence electrons. The molecule has 3 aromatic rings. The van der Waals surface area contributed by atoms with Crippen molar-refractivity contribution in [1.82, 2.24) is 4.98 Å². The third-order valence-corrected chi connectivity index (χ3v) is 6.09. The Labute approximate surface area is 185 Å². The fraction of sp³-hybridized carbons (Fsp3) is 0.238. The Kier molecular flexibility index (Phi) is 7.26. The number of benzene rings is 2. The molecule has 1 heterocycles. The van der Waals surface area contributed by atoms with E-state index in [2.05, 4.69) is 49.1 Å². The second-order valence-electron chi connectivity index (χ2n) is 6.28. The van der Waals surface area contributed by atoms with Gasteiger partial charge in [0.1, 0.15) is 5.75 Å². The van der Waals surface area contributed by atoms with Crippen molar-refractivity contribution in [2.75, 3.05) is 11.9 Å². The molecule has 28 heavy (non-hydrogen) atoms. The minimum absolute atomic E-state index is 0.0715. The van der Waals surface area contributed by atoms with Crippen molar-refractivity contribution in [3.63, 3.8) is 0 Å². The van der Waals surface area contributed by atoms with E-state index in [0.717, 1.165) is 37.9 Å². The Balaban J connectivity index is 1.61. The number of nitrogens with one attached hydrogen (secondary N) is 1. The van der Waals surface area contributed by atoms with Crippen molar-refractivity contribution in [2.24, 2.45) is 0 Å². The van der Waals surface area contributed by atoms with Crippen LogP contribution in [0.3, 0.4) is 0 Å². The highest BCUT2D eigenvalue weighted by Gasteiger charge is 2.13. The number of halogens is 2. The Morgan fingerprint density at radius 1 is 1.18 bits per heavy atom. The molecule has 0 spiro atoms. The lowest BCUT2D eigenvalue weighted by Gasteiger charge is -2.09. The number of ether oxygens (including phenoxy) is 1. The van der Waals surface area contributed by atoms with Crippen molar-refractivity contribution in [2.45, 2.75) is 26.7 Å². The van der Waals surface area contributed by atoms with Crippen LogP contribution in [0.5, 0.6) is 5.75 Å². The minimum atomic E-state index is -0.236. The van der Waals surface area contributed by atoms with Gasteiger partial charge in [0.15, 0.2) is 11.7 Å². The first-order chi connectivity index (χ1) is 13.5. The molecule has 0 radical (unpaired) electrons. The summed E-state index contributed by atoms with van der Waals surface area (Å²) >= 11 is 8.40. The molecule has 0 saturated carbocycles. The van der Waals surface area contributed by atoms with Gasteiger partial charge < -0.3 is 4.74 Å². The van der Waals surface area contributed by atoms with Gasteiger partial charge in [-0.2, -0.15) is 0 Å². The van der Waals surface area contributed by atoms with E-state index < -0.39 is 0 Å². The molecule has 1 N–H and O–H groups in total. The zero-order chi connectivity index (χ0) is 20.1. The molecule has 0 saturated heterocycles. The first-order valence-electron chi connectivity index (χ1n) is 8.90. The smallest absolute Gasteiger partial charge is 0.264 e. The number of rotatable bonds is 7. The van der Waals surface area contributed by atoms with Crippen LogP contribution in [0, 0.1) is 6.92 Å². The Morgan fingerprint density at radius 2 is 1.93 bits per heavy atom. The average molecular weight is 524 g/mol. The van der Waals surface area contributed by atoms with E-state index in [1.54, 1.807) is 0 Å². The highest BCUT2D eigenvalue weighted by atomic mass is 79.9. The van der Waals surface area contributed by atoms with E-state index in [0.29, 0.717) is 10.9 Å². The molecule has 1 amide bonds. The van der Waals surface area contributed by atoms with E-state index >= 15 is 0 Å². The van der Waals surface area contributed by atoms with Crippen LogP contribution in [0.15, 0.2) is 51.4 Å². The fourth-order valence-corrected chi connectivity index (χ4v) is 4.39. The Hall–Kier alpha value is -1.70. The van der Waals surface area contributed by atoms with Crippen LogP contribution in [-0.4, -0.2) is 17.5 Å². The molecule has 0 bridgehead atoms. The predicted molar refractivity (Wildman–Crippen MR) is 122 cm³/mol. The maximum Gasteiger partial charge on any atom is 0.264 e. The lowest BCUT2D eigenvalue weighted by atomic mass is 10.1. The highest BCUT2D eigenvalue weighted by Crippen LogP contribution is 2.31. The Morgan fingerprint density at radius 3 is 2.61 bits per heavy atom. The number of nitrogens with zero attached hydrogens (tertiary/aromatic N) is 1. The van der Waals surface area contributed by atoms with Gasteiger partial charge in [0.25, 0.3) is 5.91 Å². The van der Waals surface area contributed by atoms with Crippen molar-refractivity contribution >= 4 is 54.2 Å². The van der Waals surface area contributed by atoms with Crippen LogP contribution in [-0.2, 0) is 11.2 Å². The number of anilines is 1. The SMILES string of the molecule is CCCc1ccc(OCC(=O)Nc2nc(-c3ccc(Br)cc3)c(C)s2)c(Br)c1. The number of hydrogen-bond acceptors (Lipinski definition) is 4. The topological polar surface area (TPSA) is 51.2 Å². The van der Waals surface area contributed by atoms with Gasteiger partial charge in [0, 0.05) is 14.9 Å². The van der Waals surface area contributed by atoms with Crippen LogP contribution < -0.4 is 10.1 Å². The van der Waals surface area contributed by atoms with Crippen LogP contribution in [0.2, 0.25) is 0 Å². The summed E-state index contributed by atoms with van der Waals surface area (Å²) in [4.78, 5) is 17.9. The van der Waals surface area contributed by atoms with Gasteiger partial charge in [-0.3, -0.25) is 10.1 Å². The second-order valence-corrected chi connectivity index (χ2v) is 9.26. The highest BCUT2D eigenvalue weighted by molar-refractivity contribution is 9.10. The number of amides is 1. The minimum Gasteiger partial charge on any atom is -0.483 e. The lowest BCUT2D eigenvalue weighted by Crippen LogP contribution is -2.20. The third-order valence-electron chi connectivity index (χ3n) is 4.05. The number of aromatic nitrogens is 1. The summed E-state index contributed by atoms with van der Waals surface area (Å²) in [6.45, 7) is 4.07. The number of carbonyl (C=O) groups is 1. The summed E-state index contributed by atoms with van der Waals surface area (Å²) < 4.78 is 7.52. The molecular formula is C21H20Br2N2O2S. The largest absolute Gasteiger partial charge is 0.483 e. The van der Waals surface area contributed by atoms with Gasteiger partial charge >= 0.3 is 0 Å². The van der Waals surface area contributed by atoms with Gasteiger partial charge in [-0.25, -0.2) is 4.98 Å². The maximum absolute atomic E-state index is 12.3. The molecule has 2 aromatic carbocycles. The molecule has 1 aromatic heterocycles. The molecule has 0 atom stereocenters. The van der Waals surface area contributed by atoms with Crippen molar-refractivity contribution in [1.29, 1.82) is 0 Å². The summed E-state index contributed by atoms with van der Waals surface area (Å²) in [6.07, 6.45) is 2.11. The number of hydrogen-bond donors (Lipinski definition) is 1. The monoisotopic (exact) mass is 522 g/mol. The van der Waals surface area contributed by atoms with Crippen LogP contribution in [0.1, 0.15) is 23.8 Å². The van der Waals surface area contributed by atoms with Crippen LogP contribution in [0.25, 0.3) is 11.3 Å². The third kappa shape index (κ3) is 5.43. The van der Waals surface area contributed by atoms with Crippen LogP contribution >= 0.6 is 43.2 Å². The second kappa shape index (κ2) is 9.67. The molecule has 0 unspecified atom stereocenters. The predicted octanol–water partition coefficient (Wildman–Crippen LogP) is 6.61. The van der Waals surface area contributed by atoms with E-state index in [-0.39, 0.29) is 12.5 Å². The van der Waals surface area contributed by atoms with Crippen molar-refractivity contribution in [3.8, 4) is 17.0 Å². The summed E-state index contributed by atoms with van der Waals surface area (Å²) in [6, 6.07) is 13.9. The van der Waals surface area contributed by atoms with Gasteiger partial charge in [-0.05, 0) is 59.1 Å². The molecule has 0 aliphatic heterocycles. The number of carbonyl (C=O) groups excluding carboxylic acids is 1. The van der Waals surface area contributed by atoms with E-state index in [9.17, 15) is 4.79 Å². The first kappa shape index (κ1) is 21.0. The van der Waals surface area contributed by atoms with Crippen LogP contribution in [0.4, 0.5) is 5.13 Å². The molecule has 0 fully saturated rings.